The molecule has 2 aromatic rings. The Labute approximate surface area is 140 Å². The molecule has 0 aliphatic rings. The first-order valence-corrected chi connectivity index (χ1v) is 7.46. The summed E-state index contributed by atoms with van der Waals surface area (Å²) in [6, 6.07) is 10.5. The Hall–Kier alpha value is -2.89. The van der Waals surface area contributed by atoms with Gasteiger partial charge in [0.25, 0.3) is 5.91 Å². The van der Waals surface area contributed by atoms with Crippen LogP contribution in [0.25, 0.3) is 0 Å². The predicted molar refractivity (Wildman–Crippen MR) is 89.0 cm³/mol. The highest BCUT2D eigenvalue weighted by Crippen LogP contribution is 2.28. The molecule has 6 nitrogen and oxygen atoms in total. The average molecular weight is 328 g/mol. The van der Waals surface area contributed by atoms with Crippen LogP contribution in [0.3, 0.4) is 0 Å². The van der Waals surface area contributed by atoms with Crippen molar-refractivity contribution in [3.05, 3.63) is 59.4 Å². The molecule has 0 aliphatic carbocycles. The van der Waals surface area contributed by atoms with E-state index >= 15 is 0 Å². The van der Waals surface area contributed by atoms with Gasteiger partial charge < -0.3 is 15.2 Å². The molecule has 1 heterocycles. The number of aliphatic carboxylic acids is 1. The number of carboxylic acids is 1. The number of pyridine rings is 1. The van der Waals surface area contributed by atoms with E-state index < -0.39 is 17.4 Å². The molecule has 2 rings (SSSR count). The van der Waals surface area contributed by atoms with Crippen LogP contribution in [-0.2, 0) is 10.3 Å². The van der Waals surface area contributed by atoms with E-state index in [1.165, 1.54) is 13.3 Å². The van der Waals surface area contributed by atoms with Gasteiger partial charge in [0.2, 0.25) is 0 Å². The number of hydrogen-bond acceptors (Lipinski definition) is 4. The first-order chi connectivity index (χ1) is 11.4. The fraction of sp³-hybridized carbons (Fsp3) is 0.278. The minimum atomic E-state index is -1.10. The fourth-order valence-corrected chi connectivity index (χ4v) is 2.52. The number of benzene rings is 1. The van der Waals surface area contributed by atoms with Gasteiger partial charge in [-0.3, -0.25) is 14.6 Å². The maximum atomic E-state index is 12.6. The van der Waals surface area contributed by atoms with E-state index in [0.29, 0.717) is 11.3 Å². The minimum Gasteiger partial charge on any atom is -0.497 e. The molecule has 126 valence electrons. The summed E-state index contributed by atoms with van der Waals surface area (Å²) in [7, 11) is 1.53. The van der Waals surface area contributed by atoms with Crippen molar-refractivity contribution in [3.63, 3.8) is 0 Å². The number of nitrogens with one attached hydrogen (secondary N) is 1. The molecule has 1 aromatic heterocycles. The summed E-state index contributed by atoms with van der Waals surface area (Å²) in [4.78, 5) is 28.0. The number of carboxylic acid groups (broad SMARTS) is 1. The first-order valence-electron chi connectivity index (χ1n) is 7.46. The number of ether oxygens (including phenoxy) is 1. The van der Waals surface area contributed by atoms with E-state index in [1.807, 2.05) is 0 Å². The van der Waals surface area contributed by atoms with Crippen molar-refractivity contribution in [1.82, 2.24) is 10.3 Å². The Morgan fingerprint density at radius 3 is 2.67 bits per heavy atom. The van der Waals surface area contributed by atoms with Gasteiger partial charge in [0.1, 0.15) is 11.4 Å². The molecule has 2 N–H and O–H groups in total. The third kappa shape index (κ3) is 3.90. The number of hydrogen-bond donors (Lipinski definition) is 2. The Balaban J connectivity index is 2.39. The summed E-state index contributed by atoms with van der Waals surface area (Å²) in [5, 5.41) is 12.1. The van der Waals surface area contributed by atoms with Crippen LogP contribution in [0.4, 0.5) is 0 Å². The second-order valence-electron chi connectivity index (χ2n) is 5.76. The van der Waals surface area contributed by atoms with Crippen LogP contribution in [0.5, 0.6) is 5.75 Å². The highest BCUT2D eigenvalue weighted by atomic mass is 16.5. The maximum Gasteiger partial charge on any atom is 0.306 e. The molecule has 0 saturated carbocycles. The van der Waals surface area contributed by atoms with Crippen LogP contribution in [0, 0.1) is 6.92 Å². The summed E-state index contributed by atoms with van der Waals surface area (Å²) in [6.45, 7) is 3.45. The molecule has 6 heteroatoms. The molecule has 0 spiro atoms. The monoisotopic (exact) mass is 328 g/mol. The molecular weight excluding hydrogens is 308 g/mol. The van der Waals surface area contributed by atoms with Gasteiger partial charge in [-0.15, -0.1) is 0 Å². The van der Waals surface area contributed by atoms with E-state index in [0.717, 1.165) is 5.56 Å². The van der Waals surface area contributed by atoms with E-state index in [4.69, 9.17) is 4.74 Å². The van der Waals surface area contributed by atoms with Gasteiger partial charge in [0, 0.05) is 6.20 Å². The second-order valence-corrected chi connectivity index (χ2v) is 5.76. The van der Waals surface area contributed by atoms with Gasteiger partial charge in [0.15, 0.2) is 0 Å². The van der Waals surface area contributed by atoms with Crippen molar-refractivity contribution in [2.75, 3.05) is 7.11 Å². The summed E-state index contributed by atoms with van der Waals surface area (Å²) in [6.07, 6.45) is 1.26. The molecular formula is C18H20N2O4. The Bertz CT molecular complexity index is 760. The number of carbonyl (C=O) groups is 2. The number of methoxy groups -OCH3 is 1. The number of amides is 1. The lowest BCUT2D eigenvalue weighted by Crippen LogP contribution is -2.45. The van der Waals surface area contributed by atoms with Gasteiger partial charge >= 0.3 is 5.97 Å². The Morgan fingerprint density at radius 2 is 2.04 bits per heavy atom. The van der Waals surface area contributed by atoms with Crippen LogP contribution in [0.1, 0.15) is 35.0 Å². The number of aryl methyl sites for hydroxylation is 1. The summed E-state index contributed by atoms with van der Waals surface area (Å²) < 4.78 is 5.19. The van der Waals surface area contributed by atoms with E-state index in [-0.39, 0.29) is 12.1 Å². The third-order valence-electron chi connectivity index (χ3n) is 3.83. The normalized spacial score (nSPS) is 13.0. The zero-order valence-electron chi connectivity index (χ0n) is 13.9. The average Bonchev–Trinajstić information content (AvgIpc) is 2.54. The van der Waals surface area contributed by atoms with Crippen molar-refractivity contribution < 1.29 is 19.4 Å². The van der Waals surface area contributed by atoms with Gasteiger partial charge in [-0.1, -0.05) is 18.2 Å². The highest BCUT2D eigenvalue weighted by molar-refractivity contribution is 5.94. The van der Waals surface area contributed by atoms with Gasteiger partial charge in [0.05, 0.1) is 19.1 Å². The van der Waals surface area contributed by atoms with Crippen LogP contribution < -0.4 is 10.1 Å². The van der Waals surface area contributed by atoms with Gasteiger partial charge in [-0.25, -0.2) is 0 Å². The topological polar surface area (TPSA) is 88.5 Å². The molecule has 1 unspecified atom stereocenters. The van der Waals surface area contributed by atoms with Crippen molar-refractivity contribution in [2.24, 2.45) is 0 Å². The smallest absolute Gasteiger partial charge is 0.306 e. The molecule has 1 atom stereocenters. The summed E-state index contributed by atoms with van der Waals surface area (Å²) in [5.41, 5.74) is 0.544. The molecule has 24 heavy (non-hydrogen) atoms. The number of nitrogens with zero attached hydrogens (tertiary/aromatic N) is 1. The zero-order chi connectivity index (χ0) is 17.7. The molecule has 0 bridgehead atoms. The quantitative estimate of drug-likeness (QED) is 0.850. The van der Waals surface area contributed by atoms with Crippen LogP contribution in [-0.4, -0.2) is 29.1 Å². The fourth-order valence-electron chi connectivity index (χ4n) is 2.52. The van der Waals surface area contributed by atoms with Crippen LogP contribution in [0.15, 0.2) is 42.6 Å². The number of carbonyl (C=O) groups excluding carboxylic acids is 1. The lowest BCUT2D eigenvalue weighted by atomic mass is 9.88. The van der Waals surface area contributed by atoms with Crippen molar-refractivity contribution in [1.29, 1.82) is 0 Å². The maximum absolute atomic E-state index is 12.6. The minimum absolute atomic E-state index is 0.266. The molecule has 0 aliphatic heterocycles. The van der Waals surface area contributed by atoms with E-state index in [9.17, 15) is 14.7 Å². The van der Waals surface area contributed by atoms with Crippen LogP contribution >= 0.6 is 0 Å². The van der Waals surface area contributed by atoms with E-state index in [2.05, 4.69) is 10.3 Å². The standard InChI is InChI=1S/C18H20N2O4/c1-12-6-5-9-19-16(12)17(23)20-18(2,11-15(21)22)13-7-4-8-14(10-13)24-3/h4-10H,11H2,1-3H3,(H,20,23)(H,21,22). The third-order valence-corrected chi connectivity index (χ3v) is 3.83. The van der Waals surface area contributed by atoms with Gasteiger partial charge in [-0.05, 0) is 43.2 Å². The van der Waals surface area contributed by atoms with Gasteiger partial charge in [-0.2, -0.15) is 0 Å². The molecule has 1 amide bonds. The Kier molecular flexibility index (Phi) is 5.18. The lowest BCUT2D eigenvalue weighted by Gasteiger charge is -2.30. The zero-order valence-corrected chi connectivity index (χ0v) is 13.9. The van der Waals surface area contributed by atoms with Crippen molar-refractivity contribution in [3.8, 4) is 5.75 Å². The molecule has 0 fully saturated rings. The van der Waals surface area contributed by atoms with Crippen molar-refractivity contribution in [2.45, 2.75) is 25.8 Å². The van der Waals surface area contributed by atoms with E-state index in [1.54, 1.807) is 50.2 Å². The summed E-state index contributed by atoms with van der Waals surface area (Å²) >= 11 is 0. The SMILES string of the molecule is COc1cccc(C(C)(CC(=O)O)NC(=O)c2ncccc2C)c1. The Morgan fingerprint density at radius 1 is 1.29 bits per heavy atom. The van der Waals surface area contributed by atoms with Crippen molar-refractivity contribution >= 4 is 11.9 Å². The second kappa shape index (κ2) is 7.12. The number of rotatable bonds is 6. The molecule has 1 aromatic carbocycles. The molecule has 0 radical (unpaired) electrons. The number of aromatic nitrogens is 1. The lowest BCUT2D eigenvalue weighted by molar-refractivity contribution is -0.138. The predicted octanol–water partition coefficient (Wildman–Crippen LogP) is 2.52. The van der Waals surface area contributed by atoms with Crippen LogP contribution in [0.2, 0.25) is 0 Å². The first kappa shape index (κ1) is 17.5. The highest BCUT2D eigenvalue weighted by Gasteiger charge is 2.32. The molecule has 0 saturated heterocycles. The largest absolute Gasteiger partial charge is 0.497 e. The summed E-state index contributed by atoms with van der Waals surface area (Å²) in [5.74, 6) is -0.842.